The maximum Gasteiger partial charge on any atom is 0.123 e. The van der Waals surface area contributed by atoms with Gasteiger partial charge in [-0.25, -0.2) is 4.39 Å². The van der Waals surface area contributed by atoms with Crippen LogP contribution in [-0.4, -0.2) is 19.1 Å². The highest BCUT2D eigenvalue weighted by atomic mass is 19.1. The summed E-state index contributed by atoms with van der Waals surface area (Å²) in [6, 6.07) is 6.99. The molecule has 0 bridgehead atoms. The van der Waals surface area contributed by atoms with E-state index in [0.717, 1.165) is 25.2 Å². The summed E-state index contributed by atoms with van der Waals surface area (Å²) >= 11 is 0. The lowest BCUT2D eigenvalue weighted by molar-refractivity contribution is 0.628. The summed E-state index contributed by atoms with van der Waals surface area (Å²) in [5.74, 6) is -0.185. The summed E-state index contributed by atoms with van der Waals surface area (Å²) in [5, 5.41) is 6.61. The van der Waals surface area contributed by atoms with E-state index in [1.54, 1.807) is 12.1 Å². The van der Waals surface area contributed by atoms with Crippen molar-refractivity contribution in [3.63, 3.8) is 0 Å². The van der Waals surface area contributed by atoms with E-state index < -0.39 is 0 Å². The second-order valence-electron chi connectivity index (χ2n) is 3.34. The number of anilines is 1. The molecule has 3 heteroatoms. The fourth-order valence-electron chi connectivity index (χ4n) is 1.56. The summed E-state index contributed by atoms with van der Waals surface area (Å²) < 4.78 is 12.6. The minimum Gasteiger partial charge on any atom is -0.381 e. The van der Waals surface area contributed by atoms with Crippen LogP contribution in [0.15, 0.2) is 24.3 Å². The van der Waals surface area contributed by atoms with Gasteiger partial charge in [0.1, 0.15) is 5.82 Å². The van der Waals surface area contributed by atoms with Crippen LogP contribution < -0.4 is 10.6 Å². The van der Waals surface area contributed by atoms with E-state index in [2.05, 4.69) is 10.6 Å². The van der Waals surface area contributed by atoms with Gasteiger partial charge >= 0.3 is 0 Å². The van der Waals surface area contributed by atoms with Crippen LogP contribution in [0.3, 0.4) is 0 Å². The molecule has 1 aromatic rings. The van der Waals surface area contributed by atoms with Crippen molar-refractivity contribution < 1.29 is 4.39 Å². The van der Waals surface area contributed by atoms with Crippen molar-refractivity contribution in [2.24, 2.45) is 0 Å². The molecule has 1 aliphatic rings. The number of halogens is 1. The van der Waals surface area contributed by atoms with Gasteiger partial charge in [-0.15, -0.1) is 0 Å². The first-order chi connectivity index (χ1) is 6.34. The lowest BCUT2D eigenvalue weighted by atomic mass is 10.2. The van der Waals surface area contributed by atoms with E-state index >= 15 is 0 Å². The highest BCUT2D eigenvalue weighted by molar-refractivity contribution is 5.44. The highest BCUT2D eigenvalue weighted by Gasteiger charge is 2.13. The van der Waals surface area contributed by atoms with Crippen molar-refractivity contribution in [3.8, 4) is 0 Å². The molecule has 0 aromatic heterocycles. The van der Waals surface area contributed by atoms with Crippen LogP contribution in [0, 0.1) is 5.82 Å². The zero-order valence-electron chi connectivity index (χ0n) is 7.39. The Morgan fingerprint density at radius 1 is 1.31 bits per heavy atom. The molecule has 0 radical (unpaired) electrons. The molecular weight excluding hydrogens is 167 g/mol. The first-order valence-corrected chi connectivity index (χ1v) is 4.57. The Labute approximate surface area is 77.2 Å². The summed E-state index contributed by atoms with van der Waals surface area (Å²) in [6.45, 7) is 2.07. The van der Waals surface area contributed by atoms with Gasteiger partial charge in [-0.1, -0.05) is 0 Å². The molecule has 0 aliphatic carbocycles. The number of rotatable bonds is 2. The summed E-state index contributed by atoms with van der Waals surface area (Å²) in [4.78, 5) is 0. The third kappa shape index (κ3) is 2.18. The van der Waals surface area contributed by atoms with Crippen LogP contribution in [0.25, 0.3) is 0 Å². The number of nitrogens with one attached hydrogen (secondary N) is 2. The van der Waals surface area contributed by atoms with E-state index in [-0.39, 0.29) is 5.82 Å². The van der Waals surface area contributed by atoms with E-state index in [1.807, 2.05) is 0 Å². The van der Waals surface area contributed by atoms with Gasteiger partial charge in [-0.05, 0) is 37.2 Å². The molecular formula is C10H13FN2. The smallest absolute Gasteiger partial charge is 0.123 e. The van der Waals surface area contributed by atoms with E-state index in [9.17, 15) is 4.39 Å². The van der Waals surface area contributed by atoms with E-state index in [4.69, 9.17) is 0 Å². The molecule has 2 N–H and O–H groups in total. The van der Waals surface area contributed by atoms with Gasteiger partial charge in [0.2, 0.25) is 0 Å². The molecule has 1 fully saturated rings. The predicted molar refractivity (Wildman–Crippen MR) is 51.3 cm³/mol. The second-order valence-corrected chi connectivity index (χ2v) is 3.34. The van der Waals surface area contributed by atoms with E-state index in [0.29, 0.717) is 6.04 Å². The van der Waals surface area contributed by atoms with Crippen molar-refractivity contribution in [3.05, 3.63) is 30.1 Å². The highest BCUT2D eigenvalue weighted by Crippen LogP contribution is 2.12. The Morgan fingerprint density at radius 2 is 2.08 bits per heavy atom. The Hall–Kier alpha value is -1.09. The first-order valence-electron chi connectivity index (χ1n) is 4.57. The average Bonchev–Trinajstić information content (AvgIpc) is 2.62. The molecule has 2 rings (SSSR count). The maximum atomic E-state index is 12.6. The van der Waals surface area contributed by atoms with Gasteiger partial charge in [0.15, 0.2) is 0 Å². The number of benzene rings is 1. The Bertz CT molecular complexity index is 265. The molecule has 1 heterocycles. The molecule has 0 saturated carbocycles. The molecule has 1 atom stereocenters. The molecule has 1 unspecified atom stereocenters. The van der Waals surface area contributed by atoms with Gasteiger partial charge in [-0.3, -0.25) is 0 Å². The van der Waals surface area contributed by atoms with Crippen LogP contribution >= 0.6 is 0 Å². The minimum absolute atomic E-state index is 0.185. The first kappa shape index (κ1) is 8.51. The largest absolute Gasteiger partial charge is 0.381 e. The van der Waals surface area contributed by atoms with Crippen molar-refractivity contribution >= 4 is 5.69 Å². The van der Waals surface area contributed by atoms with Crippen molar-refractivity contribution in [2.45, 2.75) is 12.5 Å². The Morgan fingerprint density at radius 3 is 2.69 bits per heavy atom. The van der Waals surface area contributed by atoms with Gasteiger partial charge < -0.3 is 10.6 Å². The molecule has 0 spiro atoms. The third-order valence-electron chi connectivity index (χ3n) is 2.28. The average molecular weight is 180 g/mol. The number of hydrogen-bond acceptors (Lipinski definition) is 2. The summed E-state index contributed by atoms with van der Waals surface area (Å²) in [7, 11) is 0. The fourth-order valence-corrected chi connectivity index (χ4v) is 1.56. The number of hydrogen-bond donors (Lipinski definition) is 2. The Balaban J connectivity index is 1.97. The summed E-state index contributed by atoms with van der Waals surface area (Å²) in [5.41, 5.74) is 0.995. The molecule has 70 valence electrons. The van der Waals surface area contributed by atoms with Crippen molar-refractivity contribution in [2.75, 3.05) is 18.4 Å². The lowest BCUT2D eigenvalue weighted by Crippen LogP contribution is -2.21. The molecule has 1 saturated heterocycles. The zero-order chi connectivity index (χ0) is 9.10. The van der Waals surface area contributed by atoms with Gasteiger partial charge in [0, 0.05) is 18.3 Å². The third-order valence-corrected chi connectivity index (χ3v) is 2.28. The van der Waals surface area contributed by atoms with Crippen molar-refractivity contribution in [1.29, 1.82) is 0 Å². The lowest BCUT2D eigenvalue weighted by Gasteiger charge is -2.12. The minimum atomic E-state index is -0.185. The normalized spacial score (nSPS) is 21.8. The Kier molecular flexibility index (Phi) is 2.45. The summed E-state index contributed by atoms with van der Waals surface area (Å²) in [6.07, 6.45) is 1.14. The molecule has 13 heavy (non-hydrogen) atoms. The molecule has 0 amide bonds. The van der Waals surface area contributed by atoms with Gasteiger partial charge in [-0.2, -0.15) is 0 Å². The van der Waals surface area contributed by atoms with E-state index in [1.165, 1.54) is 12.1 Å². The second kappa shape index (κ2) is 3.75. The molecule has 1 aromatic carbocycles. The maximum absolute atomic E-state index is 12.6. The monoisotopic (exact) mass is 180 g/mol. The van der Waals surface area contributed by atoms with Crippen LogP contribution in [0.5, 0.6) is 0 Å². The van der Waals surface area contributed by atoms with Crippen LogP contribution in [-0.2, 0) is 0 Å². The predicted octanol–water partition coefficient (Wildman–Crippen LogP) is 1.60. The van der Waals surface area contributed by atoms with Gasteiger partial charge in [0.25, 0.3) is 0 Å². The topological polar surface area (TPSA) is 24.1 Å². The van der Waals surface area contributed by atoms with Gasteiger partial charge in [0.05, 0.1) is 0 Å². The molecule has 1 aliphatic heterocycles. The molecule has 2 nitrogen and oxygen atoms in total. The van der Waals surface area contributed by atoms with Crippen molar-refractivity contribution in [1.82, 2.24) is 5.32 Å². The van der Waals surface area contributed by atoms with Crippen LogP contribution in [0.1, 0.15) is 6.42 Å². The van der Waals surface area contributed by atoms with Crippen LogP contribution in [0.2, 0.25) is 0 Å². The quantitative estimate of drug-likeness (QED) is 0.722. The standard InChI is InChI=1S/C10H13FN2/c11-8-1-3-9(4-2-8)13-10-5-6-12-7-10/h1-4,10,12-13H,5-7H2. The van der Waals surface area contributed by atoms with Crippen LogP contribution in [0.4, 0.5) is 10.1 Å². The zero-order valence-corrected chi connectivity index (χ0v) is 7.39. The SMILES string of the molecule is Fc1ccc(NC2CCNC2)cc1. The fraction of sp³-hybridized carbons (Fsp3) is 0.400.